The van der Waals surface area contributed by atoms with E-state index in [0.29, 0.717) is 40.5 Å². The first-order chi connectivity index (χ1) is 17.1. The van der Waals surface area contributed by atoms with Crippen LogP contribution in [0.5, 0.6) is 17.2 Å². The van der Waals surface area contributed by atoms with Crippen LogP contribution in [0.4, 0.5) is 5.69 Å². The molecule has 0 aromatic heterocycles. The number of benzene rings is 2. The number of piperazine rings is 1. The van der Waals surface area contributed by atoms with E-state index in [4.69, 9.17) is 19.2 Å². The zero-order valence-corrected chi connectivity index (χ0v) is 21.0. The highest BCUT2D eigenvalue weighted by Gasteiger charge is 2.27. The SMILES string of the molecule is COc1cccc(C(=O)NC(=Nc2ccc(OC)c(OC)c2)N2CCN(C3CCCCC3)CC2)c1. The maximum atomic E-state index is 13.2. The number of hydrogen-bond donors (Lipinski definition) is 1. The van der Waals surface area contributed by atoms with Gasteiger partial charge in [0.05, 0.1) is 27.0 Å². The Morgan fingerprint density at radius 3 is 2.31 bits per heavy atom. The maximum absolute atomic E-state index is 13.2. The third-order valence-corrected chi connectivity index (χ3v) is 6.86. The third kappa shape index (κ3) is 6.25. The molecule has 0 radical (unpaired) electrons. The number of rotatable bonds is 6. The average molecular weight is 481 g/mol. The first-order valence-electron chi connectivity index (χ1n) is 12.4. The molecule has 4 rings (SSSR count). The molecule has 0 bridgehead atoms. The highest BCUT2D eigenvalue weighted by atomic mass is 16.5. The highest BCUT2D eigenvalue weighted by molar-refractivity contribution is 6.06. The lowest BCUT2D eigenvalue weighted by Crippen LogP contribution is -2.55. The fourth-order valence-corrected chi connectivity index (χ4v) is 4.88. The van der Waals surface area contributed by atoms with Crippen LogP contribution in [0.1, 0.15) is 42.5 Å². The third-order valence-electron chi connectivity index (χ3n) is 6.86. The van der Waals surface area contributed by atoms with Gasteiger partial charge in [-0.3, -0.25) is 15.0 Å². The van der Waals surface area contributed by atoms with E-state index in [9.17, 15) is 4.79 Å². The van der Waals surface area contributed by atoms with E-state index in [1.54, 1.807) is 33.5 Å². The minimum absolute atomic E-state index is 0.224. The van der Waals surface area contributed by atoms with Gasteiger partial charge in [0.25, 0.3) is 5.91 Å². The molecule has 2 fully saturated rings. The Kier molecular flexibility index (Phi) is 8.47. The number of aliphatic imine (C=N–C) groups is 1. The Balaban J connectivity index is 1.55. The summed E-state index contributed by atoms with van der Waals surface area (Å²) in [5.74, 6) is 2.17. The number of methoxy groups -OCH3 is 3. The molecule has 1 aliphatic carbocycles. The van der Waals surface area contributed by atoms with Gasteiger partial charge in [0, 0.05) is 43.9 Å². The molecule has 1 aliphatic heterocycles. The zero-order chi connectivity index (χ0) is 24.6. The van der Waals surface area contributed by atoms with Gasteiger partial charge in [-0.25, -0.2) is 4.99 Å². The summed E-state index contributed by atoms with van der Waals surface area (Å²) in [4.78, 5) is 22.8. The predicted molar refractivity (Wildman–Crippen MR) is 137 cm³/mol. The van der Waals surface area contributed by atoms with Gasteiger partial charge in [0.15, 0.2) is 11.5 Å². The Hall–Kier alpha value is -3.26. The van der Waals surface area contributed by atoms with Crippen LogP contribution >= 0.6 is 0 Å². The van der Waals surface area contributed by atoms with Crippen molar-refractivity contribution in [2.45, 2.75) is 38.1 Å². The van der Waals surface area contributed by atoms with Gasteiger partial charge in [-0.2, -0.15) is 0 Å². The van der Waals surface area contributed by atoms with Crippen molar-refractivity contribution >= 4 is 17.6 Å². The van der Waals surface area contributed by atoms with Crippen LogP contribution in [0, 0.1) is 0 Å². The number of hydrogen-bond acceptors (Lipinski definition) is 6. The van der Waals surface area contributed by atoms with Crippen molar-refractivity contribution < 1.29 is 19.0 Å². The number of carbonyl (C=O) groups excluding carboxylic acids is 1. The number of ether oxygens (including phenoxy) is 3. The molecular formula is C27H36N4O4. The summed E-state index contributed by atoms with van der Waals surface area (Å²) in [6.45, 7) is 3.54. The molecule has 0 atom stereocenters. The summed E-state index contributed by atoms with van der Waals surface area (Å²) in [5.41, 5.74) is 1.20. The van der Waals surface area contributed by atoms with Gasteiger partial charge in [-0.1, -0.05) is 25.3 Å². The van der Waals surface area contributed by atoms with Crippen LogP contribution in [-0.4, -0.2) is 75.2 Å². The van der Waals surface area contributed by atoms with E-state index in [-0.39, 0.29) is 5.91 Å². The molecular weight excluding hydrogens is 444 g/mol. The first-order valence-corrected chi connectivity index (χ1v) is 12.4. The van der Waals surface area contributed by atoms with Crippen molar-refractivity contribution in [3.8, 4) is 17.2 Å². The summed E-state index contributed by atoms with van der Waals surface area (Å²) < 4.78 is 16.1. The summed E-state index contributed by atoms with van der Waals surface area (Å²) in [6.07, 6.45) is 6.59. The van der Waals surface area contributed by atoms with Gasteiger partial charge in [0.2, 0.25) is 5.96 Å². The number of nitrogens with one attached hydrogen (secondary N) is 1. The van der Waals surface area contributed by atoms with Crippen LogP contribution in [0.15, 0.2) is 47.5 Å². The number of nitrogens with zero attached hydrogens (tertiary/aromatic N) is 3. The molecule has 8 nitrogen and oxygen atoms in total. The molecule has 1 amide bonds. The standard InChI is InChI=1S/C27H36N4O4/c1-33-23-11-7-8-20(18-23)26(32)29-27(28-21-12-13-24(34-2)25(19-21)35-3)31-16-14-30(15-17-31)22-9-5-4-6-10-22/h7-8,11-13,18-19,22H,4-6,9-10,14-17H2,1-3H3,(H,28,29,32). The van der Waals surface area contributed by atoms with Crippen molar-refractivity contribution in [3.63, 3.8) is 0 Å². The van der Waals surface area contributed by atoms with Gasteiger partial charge >= 0.3 is 0 Å². The highest BCUT2D eigenvalue weighted by Crippen LogP contribution is 2.31. The van der Waals surface area contributed by atoms with E-state index in [1.165, 1.54) is 32.1 Å². The molecule has 1 N–H and O–H groups in total. The second-order valence-electron chi connectivity index (χ2n) is 8.98. The van der Waals surface area contributed by atoms with E-state index < -0.39 is 0 Å². The fraction of sp³-hybridized carbons (Fsp3) is 0.481. The molecule has 0 unspecified atom stereocenters. The predicted octanol–water partition coefficient (Wildman–Crippen LogP) is 4.08. The van der Waals surface area contributed by atoms with Crippen LogP contribution in [0.2, 0.25) is 0 Å². The molecule has 0 spiro atoms. The van der Waals surface area contributed by atoms with Crippen LogP contribution in [-0.2, 0) is 0 Å². The van der Waals surface area contributed by atoms with Gasteiger partial charge in [0.1, 0.15) is 5.75 Å². The summed E-state index contributed by atoms with van der Waals surface area (Å²) in [5, 5.41) is 3.05. The lowest BCUT2D eigenvalue weighted by Gasteiger charge is -2.41. The minimum Gasteiger partial charge on any atom is -0.497 e. The lowest BCUT2D eigenvalue weighted by molar-refractivity contribution is 0.0943. The summed E-state index contributed by atoms with van der Waals surface area (Å²) in [7, 11) is 4.79. The largest absolute Gasteiger partial charge is 0.497 e. The molecule has 8 heteroatoms. The molecule has 1 saturated carbocycles. The Morgan fingerprint density at radius 1 is 0.886 bits per heavy atom. The van der Waals surface area contributed by atoms with Crippen molar-refractivity contribution in [3.05, 3.63) is 48.0 Å². The average Bonchev–Trinajstić information content (AvgIpc) is 2.93. The topological polar surface area (TPSA) is 75.6 Å². The molecule has 1 heterocycles. The van der Waals surface area contributed by atoms with Crippen LogP contribution in [0.25, 0.3) is 0 Å². The second kappa shape index (κ2) is 11.9. The normalized spacial score (nSPS) is 17.7. The van der Waals surface area contributed by atoms with E-state index in [0.717, 1.165) is 26.2 Å². The second-order valence-corrected chi connectivity index (χ2v) is 8.98. The van der Waals surface area contributed by atoms with Gasteiger partial charge in [-0.15, -0.1) is 0 Å². The lowest BCUT2D eigenvalue weighted by atomic mass is 9.94. The molecule has 1 saturated heterocycles. The number of amides is 1. The molecule has 35 heavy (non-hydrogen) atoms. The minimum atomic E-state index is -0.224. The van der Waals surface area contributed by atoms with Crippen molar-refractivity contribution in [2.24, 2.45) is 4.99 Å². The van der Waals surface area contributed by atoms with E-state index >= 15 is 0 Å². The van der Waals surface area contributed by atoms with Crippen molar-refractivity contribution in [1.29, 1.82) is 0 Å². The fourth-order valence-electron chi connectivity index (χ4n) is 4.88. The van der Waals surface area contributed by atoms with Crippen molar-refractivity contribution in [1.82, 2.24) is 15.1 Å². The zero-order valence-electron chi connectivity index (χ0n) is 21.0. The Bertz CT molecular complexity index is 1030. The summed E-state index contributed by atoms with van der Waals surface area (Å²) >= 11 is 0. The Labute approximate surface area is 207 Å². The molecule has 2 aliphatic rings. The van der Waals surface area contributed by atoms with E-state index in [2.05, 4.69) is 15.1 Å². The van der Waals surface area contributed by atoms with Crippen molar-refractivity contribution in [2.75, 3.05) is 47.5 Å². The monoisotopic (exact) mass is 480 g/mol. The Morgan fingerprint density at radius 2 is 1.63 bits per heavy atom. The quantitative estimate of drug-likeness (QED) is 0.496. The number of guanidine groups is 1. The smallest absolute Gasteiger partial charge is 0.258 e. The molecule has 188 valence electrons. The maximum Gasteiger partial charge on any atom is 0.258 e. The van der Waals surface area contributed by atoms with E-state index in [1.807, 2.05) is 30.3 Å². The summed E-state index contributed by atoms with van der Waals surface area (Å²) in [6, 6.07) is 13.3. The van der Waals surface area contributed by atoms with Crippen LogP contribution in [0.3, 0.4) is 0 Å². The first kappa shape index (κ1) is 24.9. The van der Waals surface area contributed by atoms with Gasteiger partial charge in [-0.05, 0) is 43.2 Å². The number of carbonyl (C=O) groups is 1. The molecule has 2 aromatic carbocycles. The van der Waals surface area contributed by atoms with Gasteiger partial charge < -0.3 is 19.1 Å². The molecule has 2 aromatic rings. The van der Waals surface area contributed by atoms with Crippen LogP contribution < -0.4 is 19.5 Å².